The van der Waals surface area contributed by atoms with Gasteiger partial charge in [-0.1, -0.05) is 109 Å². The fraction of sp³-hybridized carbons (Fsp3) is 0.0755. The normalized spacial score (nSPS) is 13.4. The van der Waals surface area contributed by atoms with Crippen LogP contribution in [0.2, 0.25) is 0 Å². The van der Waals surface area contributed by atoms with Crippen molar-refractivity contribution in [2.45, 2.75) is 25.7 Å². The highest BCUT2D eigenvalue weighted by Gasteiger charge is 2.19. The summed E-state index contributed by atoms with van der Waals surface area (Å²) in [4.78, 5) is 6.57. The standard InChI is InChI=1S/C53H41N3/c1-2-10-38(11-3-1)39-20-26-46(27-21-39)55(47-28-22-40(23-29-47)42-32-34-54-35-33-42)49-15-9-14-45(37-49)44-13-8-12-43(36-44)41-24-30-48(31-25-41)56-52-18-6-4-16-50(52)51-17-5-7-19-53(51)56/h2,4,6-16,18-37H,1,3,5,17H2. The van der Waals surface area contributed by atoms with Crippen molar-refractivity contribution in [2.75, 3.05) is 4.90 Å². The first-order valence-corrected chi connectivity index (χ1v) is 19.6. The fourth-order valence-corrected chi connectivity index (χ4v) is 8.40. The second-order valence-electron chi connectivity index (χ2n) is 14.6. The summed E-state index contributed by atoms with van der Waals surface area (Å²) in [5.41, 5.74) is 18.2. The van der Waals surface area contributed by atoms with E-state index in [-0.39, 0.29) is 0 Å². The summed E-state index contributed by atoms with van der Waals surface area (Å²) in [6.45, 7) is 0. The average Bonchev–Trinajstić information content (AvgIpc) is 3.62. The Morgan fingerprint density at radius 1 is 0.464 bits per heavy atom. The Morgan fingerprint density at radius 2 is 1.09 bits per heavy atom. The summed E-state index contributed by atoms with van der Waals surface area (Å²) in [5.74, 6) is 0. The van der Waals surface area contributed by atoms with Gasteiger partial charge in [-0.15, -0.1) is 0 Å². The van der Waals surface area contributed by atoms with Gasteiger partial charge in [0.25, 0.3) is 0 Å². The predicted octanol–water partition coefficient (Wildman–Crippen LogP) is 14.2. The van der Waals surface area contributed by atoms with Crippen molar-refractivity contribution >= 4 is 39.6 Å². The number of nitrogens with zero attached hydrogens (tertiary/aromatic N) is 3. The number of para-hydroxylation sites is 1. The van der Waals surface area contributed by atoms with E-state index in [9.17, 15) is 0 Å². The van der Waals surface area contributed by atoms with E-state index in [0.29, 0.717) is 0 Å². The number of aromatic nitrogens is 2. The fourth-order valence-electron chi connectivity index (χ4n) is 8.40. The highest BCUT2D eigenvalue weighted by atomic mass is 15.1. The molecule has 0 amide bonds. The molecule has 0 atom stereocenters. The van der Waals surface area contributed by atoms with Gasteiger partial charge in [0.2, 0.25) is 0 Å². The van der Waals surface area contributed by atoms with Gasteiger partial charge in [0.1, 0.15) is 0 Å². The van der Waals surface area contributed by atoms with Gasteiger partial charge in [0.05, 0.1) is 5.52 Å². The summed E-state index contributed by atoms with van der Waals surface area (Å²) in [7, 11) is 0. The van der Waals surface area contributed by atoms with Gasteiger partial charge in [0, 0.05) is 46.2 Å². The van der Waals surface area contributed by atoms with Gasteiger partial charge < -0.3 is 9.47 Å². The van der Waals surface area contributed by atoms with Crippen LogP contribution in [-0.4, -0.2) is 9.55 Å². The summed E-state index contributed by atoms with van der Waals surface area (Å²) < 4.78 is 2.42. The highest BCUT2D eigenvalue weighted by molar-refractivity contribution is 5.91. The molecule has 8 aromatic rings. The summed E-state index contributed by atoms with van der Waals surface area (Å²) in [6, 6.07) is 57.6. The van der Waals surface area contributed by atoms with Crippen LogP contribution in [0.25, 0.3) is 61.6 Å². The van der Waals surface area contributed by atoms with Crippen LogP contribution in [0.5, 0.6) is 0 Å². The van der Waals surface area contributed by atoms with Crippen LogP contribution in [0.1, 0.15) is 36.1 Å². The van der Waals surface area contributed by atoms with Crippen molar-refractivity contribution in [3.8, 4) is 39.1 Å². The minimum atomic E-state index is 1.09. The molecule has 0 saturated carbocycles. The molecule has 56 heavy (non-hydrogen) atoms. The molecule has 2 aliphatic carbocycles. The van der Waals surface area contributed by atoms with Gasteiger partial charge >= 0.3 is 0 Å². The molecule has 2 heterocycles. The van der Waals surface area contributed by atoms with Crippen LogP contribution in [0.4, 0.5) is 17.1 Å². The number of hydrogen-bond acceptors (Lipinski definition) is 2. The summed E-state index contributed by atoms with van der Waals surface area (Å²) in [5, 5.41) is 1.36. The second kappa shape index (κ2) is 14.7. The van der Waals surface area contributed by atoms with Crippen LogP contribution in [0.15, 0.2) is 194 Å². The molecule has 0 radical (unpaired) electrons. The van der Waals surface area contributed by atoms with Crippen LogP contribution in [-0.2, 0) is 6.42 Å². The van der Waals surface area contributed by atoms with E-state index in [4.69, 9.17) is 0 Å². The van der Waals surface area contributed by atoms with E-state index in [0.717, 1.165) is 48.3 Å². The van der Waals surface area contributed by atoms with E-state index in [1.54, 1.807) is 0 Å². The molecule has 0 saturated heterocycles. The molecule has 0 aliphatic heterocycles. The maximum absolute atomic E-state index is 4.21. The molecule has 2 aliphatic rings. The number of allylic oxidation sites excluding steroid dienone is 5. The first-order valence-electron chi connectivity index (χ1n) is 19.6. The Morgan fingerprint density at radius 3 is 1.84 bits per heavy atom. The maximum Gasteiger partial charge on any atom is 0.0537 e. The minimum Gasteiger partial charge on any atom is -0.310 e. The molecular weight excluding hydrogens is 679 g/mol. The van der Waals surface area contributed by atoms with Crippen LogP contribution >= 0.6 is 0 Å². The predicted molar refractivity (Wildman–Crippen MR) is 236 cm³/mol. The molecule has 0 unspecified atom stereocenters. The van der Waals surface area contributed by atoms with Crippen molar-refractivity contribution in [3.63, 3.8) is 0 Å². The van der Waals surface area contributed by atoms with Crippen LogP contribution in [0, 0.1) is 0 Å². The van der Waals surface area contributed by atoms with Gasteiger partial charge in [-0.2, -0.15) is 0 Å². The molecular formula is C53H41N3. The summed E-state index contributed by atoms with van der Waals surface area (Å²) in [6.07, 6.45) is 19.5. The molecule has 0 fully saturated rings. The van der Waals surface area contributed by atoms with Crippen molar-refractivity contribution < 1.29 is 0 Å². The van der Waals surface area contributed by atoms with E-state index >= 15 is 0 Å². The van der Waals surface area contributed by atoms with Gasteiger partial charge in [-0.3, -0.25) is 4.98 Å². The molecule has 3 heteroatoms. The van der Waals surface area contributed by atoms with Gasteiger partial charge in [0.15, 0.2) is 0 Å². The van der Waals surface area contributed by atoms with E-state index in [1.165, 1.54) is 66.8 Å². The minimum absolute atomic E-state index is 1.09. The zero-order chi connectivity index (χ0) is 37.3. The number of pyridine rings is 1. The molecule has 10 rings (SSSR count). The molecule has 268 valence electrons. The molecule has 2 aromatic heterocycles. The largest absolute Gasteiger partial charge is 0.310 e. The Kier molecular flexibility index (Phi) is 8.81. The molecule has 0 bridgehead atoms. The smallest absolute Gasteiger partial charge is 0.0537 e. The second-order valence-corrected chi connectivity index (χ2v) is 14.6. The SMILES string of the molecule is C1=CC(c2ccc(N(c3ccc(-c4ccncc4)cc3)c3cccc(-c4cccc(-c5ccc(-n6c7c(c8ccccc86)CCC=C7)cc5)c4)c3)cc2)=CCC1. The number of benzene rings is 6. The average molecular weight is 720 g/mol. The third-order valence-corrected chi connectivity index (χ3v) is 11.2. The lowest BCUT2D eigenvalue weighted by molar-refractivity contribution is 0.967. The first kappa shape index (κ1) is 33.6. The number of hydrogen-bond donors (Lipinski definition) is 0. The monoisotopic (exact) mass is 719 g/mol. The number of anilines is 3. The Balaban J connectivity index is 0.987. The van der Waals surface area contributed by atoms with Crippen molar-refractivity contribution in [3.05, 3.63) is 211 Å². The first-order chi connectivity index (χ1) is 27.8. The third-order valence-electron chi connectivity index (χ3n) is 11.2. The Bertz CT molecular complexity index is 2770. The van der Waals surface area contributed by atoms with Crippen molar-refractivity contribution in [2.24, 2.45) is 0 Å². The lowest BCUT2D eigenvalue weighted by Gasteiger charge is -2.26. The maximum atomic E-state index is 4.21. The van der Waals surface area contributed by atoms with E-state index in [1.807, 2.05) is 12.4 Å². The van der Waals surface area contributed by atoms with Gasteiger partial charge in [-0.25, -0.2) is 0 Å². The Labute approximate surface area is 328 Å². The van der Waals surface area contributed by atoms with Crippen LogP contribution in [0.3, 0.4) is 0 Å². The van der Waals surface area contributed by atoms with Crippen molar-refractivity contribution in [1.82, 2.24) is 9.55 Å². The topological polar surface area (TPSA) is 21.1 Å². The van der Waals surface area contributed by atoms with Crippen molar-refractivity contribution in [1.29, 1.82) is 0 Å². The molecule has 3 nitrogen and oxygen atoms in total. The highest BCUT2D eigenvalue weighted by Crippen LogP contribution is 2.39. The quantitative estimate of drug-likeness (QED) is 0.156. The summed E-state index contributed by atoms with van der Waals surface area (Å²) >= 11 is 0. The zero-order valence-corrected chi connectivity index (χ0v) is 31.2. The molecule has 0 N–H and O–H groups in total. The lowest BCUT2D eigenvalue weighted by Crippen LogP contribution is -2.10. The number of fused-ring (bicyclic) bond motifs is 3. The Hall–Kier alpha value is -6.97. The molecule has 0 spiro atoms. The number of rotatable bonds is 8. The molecule has 6 aromatic carbocycles. The lowest BCUT2D eigenvalue weighted by atomic mass is 9.98. The third kappa shape index (κ3) is 6.37. The van der Waals surface area contributed by atoms with E-state index in [2.05, 4.69) is 203 Å². The number of aryl methyl sites for hydroxylation is 1. The van der Waals surface area contributed by atoms with Crippen LogP contribution < -0.4 is 4.90 Å². The van der Waals surface area contributed by atoms with Gasteiger partial charge in [-0.05, 0) is 155 Å². The zero-order valence-electron chi connectivity index (χ0n) is 31.2. The van der Waals surface area contributed by atoms with E-state index < -0.39 is 0 Å².